The molecule has 0 aliphatic carbocycles. The van der Waals surface area contributed by atoms with Crippen molar-refractivity contribution in [3.63, 3.8) is 0 Å². The molecular weight excluding hydrogens is 332 g/mol. The van der Waals surface area contributed by atoms with Gasteiger partial charge in [-0.25, -0.2) is 0 Å². The fourth-order valence-corrected chi connectivity index (χ4v) is 3.78. The first kappa shape index (κ1) is 18.5. The van der Waals surface area contributed by atoms with Crippen molar-refractivity contribution in [1.29, 1.82) is 0 Å². The Morgan fingerprint density at radius 1 is 1.04 bits per heavy atom. The molecule has 1 aromatic rings. The Labute approximate surface area is 155 Å². The average Bonchev–Trinajstić information content (AvgIpc) is 3.22. The van der Waals surface area contributed by atoms with Gasteiger partial charge in [-0.15, -0.1) is 0 Å². The molecule has 0 unspecified atom stereocenters. The molecule has 142 valence electrons. The highest BCUT2D eigenvalue weighted by atomic mass is 16.5. The maximum Gasteiger partial charge on any atom is 0.253 e. The summed E-state index contributed by atoms with van der Waals surface area (Å²) in [6, 6.07) is 5.28. The third-order valence-corrected chi connectivity index (χ3v) is 5.26. The number of amides is 2. The van der Waals surface area contributed by atoms with Crippen LogP contribution in [0, 0.1) is 5.92 Å². The zero-order chi connectivity index (χ0) is 18.5. The van der Waals surface area contributed by atoms with E-state index >= 15 is 0 Å². The number of nitrogens with zero attached hydrogens (tertiary/aromatic N) is 2. The molecule has 2 saturated heterocycles. The van der Waals surface area contributed by atoms with Crippen molar-refractivity contribution in [3.05, 3.63) is 23.8 Å². The molecule has 6 nitrogen and oxygen atoms in total. The Bertz CT molecular complexity index is 647. The van der Waals surface area contributed by atoms with Gasteiger partial charge in [-0.1, -0.05) is 0 Å². The fraction of sp³-hybridized carbons (Fsp3) is 0.600. The molecule has 0 bridgehead atoms. The van der Waals surface area contributed by atoms with Gasteiger partial charge in [0.25, 0.3) is 5.91 Å². The number of hydrogen-bond donors (Lipinski definition) is 0. The van der Waals surface area contributed by atoms with Crippen molar-refractivity contribution >= 4 is 11.8 Å². The van der Waals surface area contributed by atoms with Gasteiger partial charge in [0.05, 0.1) is 13.7 Å². The van der Waals surface area contributed by atoms with Crippen LogP contribution in [0.15, 0.2) is 18.2 Å². The molecule has 2 aliphatic heterocycles. The van der Waals surface area contributed by atoms with E-state index in [1.165, 1.54) is 0 Å². The number of ether oxygens (including phenoxy) is 2. The molecule has 3 rings (SSSR count). The first-order valence-corrected chi connectivity index (χ1v) is 9.53. The maximum atomic E-state index is 12.8. The van der Waals surface area contributed by atoms with Crippen LogP contribution in [-0.4, -0.2) is 61.5 Å². The number of benzene rings is 1. The number of carbonyl (C=O) groups is 2. The van der Waals surface area contributed by atoms with Gasteiger partial charge in [0.1, 0.15) is 0 Å². The molecule has 0 N–H and O–H groups in total. The second-order valence-corrected chi connectivity index (χ2v) is 6.90. The molecule has 2 heterocycles. The van der Waals surface area contributed by atoms with Gasteiger partial charge in [-0.3, -0.25) is 9.59 Å². The highest BCUT2D eigenvalue weighted by Gasteiger charge is 2.31. The summed E-state index contributed by atoms with van der Waals surface area (Å²) in [6.45, 7) is 5.49. The third kappa shape index (κ3) is 3.94. The topological polar surface area (TPSA) is 59.1 Å². The van der Waals surface area contributed by atoms with E-state index in [4.69, 9.17) is 9.47 Å². The first-order chi connectivity index (χ1) is 12.6. The van der Waals surface area contributed by atoms with E-state index in [1.807, 2.05) is 16.7 Å². The molecule has 2 fully saturated rings. The minimum Gasteiger partial charge on any atom is -0.493 e. The van der Waals surface area contributed by atoms with Crippen LogP contribution in [-0.2, 0) is 4.79 Å². The van der Waals surface area contributed by atoms with Crippen LogP contribution in [0.2, 0.25) is 0 Å². The summed E-state index contributed by atoms with van der Waals surface area (Å²) in [5.41, 5.74) is 0.592. The smallest absolute Gasteiger partial charge is 0.253 e. The number of piperidine rings is 1. The lowest BCUT2D eigenvalue weighted by Crippen LogP contribution is -2.43. The van der Waals surface area contributed by atoms with Crippen LogP contribution >= 0.6 is 0 Å². The van der Waals surface area contributed by atoms with Crippen molar-refractivity contribution in [2.75, 3.05) is 39.9 Å². The molecule has 0 spiro atoms. The second kappa shape index (κ2) is 8.43. The minimum absolute atomic E-state index is 0.0154. The summed E-state index contributed by atoms with van der Waals surface area (Å²) in [7, 11) is 1.57. The van der Waals surface area contributed by atoms with E-state index in [1.54, 1.807) is 25.3 Å². The Hall–Kier alpha value is -2.24. The normalized spacial score (nSPS) is 18.1. The Morgan fingerprint density at radius 2 is 1.73 bits per heavy atom. The maximum absolute atomic E-state index is 12.8. The fourth-order valence-electron chi connectivity index (χ4n) is 3.78. The van der Waals surface area contributed by atoms with Crippen molar-refractivity contribution < 1.29 is 19.1 Å². The molecule has 0 atom stereocenters. The summed E-state index contributed by atoms with van der Waals surface area (Å²) < 4.78 is 10.8. The van der Waals surface area contributed by atoms with Crippen LogP contribution in [0.5, 0.6) is 11.5 Å². The highest BCUT2D eigenvalue weighted by molar-refractivity contribution is 5.95. The van der Waals surface area contributed by atoms with Crippen LogP contribution in [0.25, 0.3) is 0 Å². The summed E-state index contributed by atoms with van der Waals surface area (Å²) >= 11 is 0. The van der Waals surface area contributed by atoms with Gasteiger partial charge in [-0.05, 0) is 50.8 Å². The standard InChI is InChI=1S/C20H28N2O4/c1-3-26-17-7-6-16(14-18(17)25-2)20(24)22-12-8-15(9-13-22)19(23)21-10-4-5-11-21/h6-7,14-15H,3-5,8-13H2,1-2H3. The number of likely N-dealkylation sites (tertiary alicyclic amines) is 2. The van der Waals surface area contributed by atoms with E-state index in [-0.39, 0.29) is 17.7 Å². The lowest BCUT2D eigenvalue weighted by molar-refractivity contribution is -0.135. The van der Waals surface area contributed by atoms with Gasteiger partial charge in [0.15, 0.2) is 11.5 Å². The summed E-state index contributed by atoms with van der Waals surface area (Å²) in [4.78, 5) is 29.1. The number of carbonyl (C=O) groups excluding carboxylic acids is 2. The monoisotopic (exact) mass is 360 g/mol. The molecule has 0 saturated carbocycles. The quantitative estimate of drug-likeness (QED) is 0.810. The minimum atomic E-state index is -0.0154. The van der Waals surface area contributed by atoms with E-state index in [9.17, 15) is 9.59 Å². The Morgan fingerprint density at radius 3 is 2.35 bits per heavy atom. The average molecular weight is 360 g/mol. The van der Waals surface area contributed by atoms with Crippen LogP contribution < -0.4 is 9.47 Å². The van der Waals surface area contributed by atoms with Gasteiger partial charge >= 0.3 is 0 Å². The molecule has 0 aromatic heterocycles. The van der Waals surface area contributed by atoms with Crippen LogP contribution in [0.3, 0.4) is 0 Å². The summed E-state index contributed by atoms with van der Waals surface area (Å²) in [5, 5.41) is 0. The van der Waals surface area contributed by atoms with Gasteiger partial charge in [-0.2, -0.15) is 0 Å². The largest absolute Gasteiger partial charge is 0.493 e. The summed E-state index contributed by atoms with van der Waals surface area (Å²) in [6.07, 6.45) is 3.72. The molecule has 1 aromatic carbocycles. The van der Waals surface area contributed by atoms with E-state index < -0.39 is 0 Å². The molecular formula is C20H28N2O4. The van der Waals surface area contributed by atoms with Crippen LogP contribution in [0.1, 0.15) is 43.0 Å². The van der Waals surface area contributed by atoms with E-state index in [0.29, 0.717) is 36.8 Å². The first-order valence-electron chi connectivity index (χ1n) is 9.53. The van der Waals surface area contributed by atoms with Gasteiger partial charge in [0.2, 0.25) is 5.91 Å². The van der Waals surface area contributed by atoms with E-state index in [2.05, 4.69) is 0 Å². The SMILES string of the molecule is CCOc1ccc(C(=O)N2CCC(C(=O)N3CCCC3)CC2)cc1OC. The zero-order valence-corrected chi connectivity index (χ0v) is 15.7. The van der Waals surface area contributed by atoms with E-state index in [0.717, 1.165) is 38.8 Å². The van der Waals surface area contributed by atoms with Crippen molar-refractivity contribution in [2.45, 2.75) is 32.6 Å². The van der Waals surface area contributed by atoms with Gasteiger partial charge in [0, 0.05) is 37.7 Å². The lowest BCUT2D eigenvalue weighted by Gasteiger charge is -2.33. The van der Waals surface area contributed by atoms with Crippen LogP contribution in [0.4, 0.5) is 0 Å². The van der Waals surface area contributed by atoms with Crippen molar-refractivity contribution in [3.8, 4) is 11.5 Å². The molecule has 0 radical (unpaired) electrons. The predicted octanol–water partition coefficient (Wildman–Crippen LogP) is 2.57. The zero-order valence-electron chi connectivity index (χ0n) is 15.7. The molecule has 26 heavy (non-hydrogen) atoms. The predicted molar refractivity (Wildman–Crippen MR) is 98.6 cm³/mol. The summed E-state index contributed by atoms with van der Waals surface area (Å²) in [5.74, 6) is 1.53. The number of methoxy groups -OCH3 is 1. The van der Waals surface area contributed by atoms with Gasteiger partial charge < -0.3 is 19.3 Å². The molecule has 2 aliphatic rings. The second-order valence-electron chi connectivity index (χ2n) is 6.90. The van der Waals surface area contributed by atoms with Crippen molar-refractivity contribution in [1.82, 2.24) is 9.80 Å². The Balaban J connectivity index is 1.60. The number of rotatable bonds is 5. The third-order valence-electron chi connectivity index (χ3n) is 5.26. The molecule has 6 heteroatoms. The molecule has 2 amide bonds. The Kier molecular flexibility index (Phi) is 6.01. The van der Waals surface area contributed by atoms with Crippen molar-refractivity contribution in [2.24, 2.45) is 5.92 Å². The number of hydrogen-bond acceptors (Lipinski definition) is 4. The lowest BCUT2D eigenvalue weighted by atomic mass is 9.95. The highest BCUT2D eigenvalue weighted by Crippen LogP contribution is 2.29.